The van der Waals surface area contributed by atoms with Crippen molar-refractivity contribution in [3.63, 3.8) is 0 Å². The maximum atomic E-state index is 11.3. The van der Waals surface area contributed by atoms with Crippen LogP contribution in [-0.2, 0) is 9.53 Å². The standard InChI is InChI=1S/C13H15ClO2/c1-3-10(2)16-13(15)9-6-11-4-7-12(14)8-5-11/h4-10H,3H2,1-2H3/b9-6+. The second-order valence-corrected chi connectivity index (χ2v) is 3.98. The number of carbonyl (C=O) groups excluding carboxylic acids is 1. The second-order valence-electron chi connectivity index (χ2n) is 3.54. The Bertz CT molecular complexity index is 368. The van der Waals surface area contributed by atoms with Crippen LogP contribution >= 0.6 is 11.6 Å². The molecule has 1 unspecified atom stereocenters. The van der Waals surface area contributed by atoms with Crippen LogP contribution in [0.4, 0.5) is 0 Å². The Hall–Kier alpha value is -1.28. The molecule has 0 saturated carbocycles. The minimum atomic E-state index is -0.315. The van der Waals surface area contributed by atoms with Crippen LogP contribution in [0.3, 0.4) is 0 Å². The summed E-state index contributed by atoms with van der Waals surface area (Å²) in [6.45, 7) is 3.84. The first-order chi connectivity index (χ1) is 7.61. The van der Waals surface area contributed by atoms with Crippen molar-refractivity contribution >= 4 is 23.6 Å². The van der Waals surface area contributed by atoms with Gasteiger partial charge in [0.05, 0.1) is 6.10 Å². The summed E-state index contributed by atoms with van der Waals surface area (Å²) in [5.74, 6) is -0.315. The van der Waals surface area contributed by atoms with E-state index >= 15 is 0 Å². The zero-order valence-electron chi connectivity index (χ0n) is 9.44. The molecule has 1 aromatic carbocycles. The molecule has 1 rings (SSSR count). The molecular weight excluding hydrogens is 224 g/mol. The largest absolute Gasteiger partial charge is 0.460 e. The predicted molar refractivity (Wildman–Crippen MR) is 66.3 cm³/mol. The lowest BCUT2D eigenvalue weighted by Gasteiger charge is -2.07. The van der Waals surface area contributed by atoms with Crippen LogP contribution < -0.4 is 0 Å². The smallest absolute Gasteiger partial charge is 0.331 e. The van der Waals surface area contributed by atoms with E-state index in [1.165, 1.54) is 6.08 Å². The molecule has 0 bridgehead atoms. The van der Waals surface area contributed by atoms with Gasteiger partial charge in [0.15, 0.2) is 0 Å². The highest BCUT2D eigenvalue weighted by Crippen LogP contribution is 2.10. The molecule has 0 heterocycles. The van der Waals surface area contributed by atoms with Crippen molar-refractivity contribution < 1.29 is 9.53 Å². The molecule has 3 heteroatoms. The van der Waals surface area contributed by atoms with Gasteiger partial charge in [-0.2, -0.15) is 0 Å². The highest BCUT2D eigenvalue weighted by atomic mass is 35.5. The Balaban J connectivity index is 2.53. The Morgan fingerprint density at radius 3 is 2.62 bits per heavy atom. The van der Waals surface area contributed by atoms with E-state index in [1.54, 1.807) is 18.2 Å². The minimum absolute atomic E-state index is 0.0395. The molecule has 0 spiro atoms. The SMILES string of the molecule is CCC(C)OC(=O)/C=C/c1ccc(Cl)cc1. The van der Waals surface area contributed by atoms with Gasteiger partial charge in [0.2, 0.25) is 0 Å². The summed E-state index contributed by atoms with van der Waals surface area (Å²) in [5.41, 5.74) is 0.922. The van der Waals surface area contributed by atoms with Crippen LogP contribution in [0.1, 0.15) is 25.8 Å². The fourth-order valence-corrected chi connectivity index (χ4v) is 1.19. The summed E-state index contributed by atoms with van der Waals surface area (Å²) in [5, 5.41) is 0.680. The third-order valence-electron chi connectivity index (χ3n) is 2.17. The summed E-state index contributed by atoms with van der Waals surface area (Å²) in [4.78, 5) is 11.3. The van der Waals surface area contributed by atoms with Crippen molar-refractivity contribution in [2.24, 2.45) is 0 Å². The molecule has 0 aliphatic carbocycles. The lowest BCUT2D eigenvalue weighted by atomic mass is 10.2. The summed E-state index contributed by atoms with van der Waals surface area (Å²) >= 11 is 5.75. The summed E-state index contributed by atoms with van der Waals surface area (Å²) in [7, 11) is 0. The third-order valence-corrected chi connectivity index (χ3v) is 2.43. The van der Waals surface area contributed by atoms with Crippen molar-refractivity contribution in [1.29, 1.82) is 0 Å². The van der Waals surface area contributed by atoms with E-state index in [0.29, 0.717) is 5.02 Å². The molecular formula is C13H15ClO2. The Kier molecular flexibility index (Phi) is 5.06. The van der Waals surface area contributed by atoms with Gasteiger partial charge >= 0.3 is 5.97 Å². The van der Waals surface area contributed by atoms with Crippen molar-refractivity contribution in [3.8, 4) is 0 Å². The fourth-order valence-electron chi connectivity index (χ4n) is 1.06. The lowest BCUT2D eigenvalue weighted by molar-refractivity contribution is -0.142. The Morgan fingerprint density at radius 2 is 2.06 bits per heavy atom. The van der Waals surface area contributed by atoms with E-state index in [4.69, 9.17) is 16.3 Å². The Labute approximate surface area is 101 Å². The first-order valence-corrected chi connectivity index (χ1v) is 5.64. The van der Waals surface area contributed by atoms with Crippen molar-refractivity contribution in [2.75, 3.05) is 0 Å². The Morgan fingerprint density at radius 1 is 1.44 bits per heavy atom. The van der Waals surface area contributed by atoms with Crippen LogP contribution in [0, 0.1) is 0 Å². The van der Waals surface area contributed by atoms with Gasteiger partial charge in [0.1, 0.15) is 0 Å². The van der Waals surface area contributed by atoms with Gasteiger partial charge in [-0.3, -0.25) is 0 Å². The molecule has 0 amide bonds. The number of carbonyl (C=O) groups is 1. The van der Waals surface area contributed by atoms with Crippen LogP contribution in [0.5, 0.6) is 0 Å². The van der Waals surface area contributed by atoms with E-state index in [-0.39, 0.29) is 12.1 Å². The molecule has 0 aliphatic heterocycles. The van der Waals surface area contributed by atoms with Crippen molar-refractivity contribution in [2.45, 2.75) is 26.4 Å². The molecule has 2 nitrogen and oxygen atoms in total. The molecule has 16 heavy (non-hydrogen) atoms. The van der Waals surface area contributed by atoms with Crippen molar-refractivity contribution in [1.82, 2.24) is 0 Å². The van der Waals surface area contributed by atoms with E-state index in [2.05, 4.69) is 0 Å². The molecule has 86 valence electrons. The van der Waals surface area contributed by atoms with Gasteiger partial charge in [0, 0.05) is 11.1 Å². The molecule has 0 aromatic heterocycles. The predicted octanol–water partition coefficient (Wildman–Crippen LogP) is 3.69. The average molecular weight is 239 g/mol. The molecule has 0 aliphatic rings. The highest BCUT2D eigenvalue weighted by Gasteiger charge is 2.02. The van der Waals surface area contributed by atoms with E-state index in [9.17, 15) is 4.79 Å². The first kappa shape index (κ1) is 12.8. The van der Waals surface area contributed by atoms with Crippen molar-refractivity contribution in [3.05, 3.63) is 40.9 Å². The third kappa shape index (κ3) is 4.49. The van der Waals surface area contributed by atoms with Gasteiger partial charge in [-0.25, -0.2) is 4.79 Å². The number of hydrogen-bond donors (Lipinski definition) is 0. The number of ether oxygens (including phenoxy) is 1. The summed E-state index contributed by atoms with van der Waals surface area (Å²) < 4.78 is 5.09. The molecule has 0 fully saturated rings. The monoisotopic (exact) mass is 238 g/mol. The van der Waals surface area contributed by atoms with Gasteiger partial charge in [-0.05, 0) is 37.1 Å². The van der Waals surface area contributed by atoms with E-state index in [1.807, 2.05) is 26.0 Å². The number of rotatable bonds is 4. The van der Waals surface area contributed by atoms with E-state index in [0.717, 1.165) is 12.0 Å². The molecule has 0 saturated heterocycles. The van der Waals surface area contributed by atoms with Crippen LogP contribution in [0.15, 0.2) is 30.3 Å². The number of esters is 1. The van der Waals surface area contributed by atoms with Gasteiger partial charge < -0.3 is 4.74 Å². The number of hydrogen-bond acceptors (Lipinski definition) is 2. The normalized spacial score (nSPS) is 12.7. The van der Waals surface area contributed by atoms with Crippen LogP contribution in [0.2, 0.25) is 5.02 Å². The van der Waals surface area contributed by atoms with Crippen LogP contribution in [0.25, 0.3) is 6.08 Å². The first-order valence-electron chi connectivity index (χ1n) is 5.26. The zero-order chi connectivity index (χ0) is 12.0. The van der Waals surface area contributed by atoms with Crippen LogP contribution in [-0.4, -0.2) is 12.1 Å². The van der Waals surface area contributed by atoms with Gasteiger partial charge in [-0.15, -0.1) is 0 Å². The maximum absolute atomic E-state index is 11.3. The highest BCUT2D eigenvalue weighted by molar-refractivity contribution is 6.30. The minimum Gasteiger partial charge on any atom is -0.460 e. The summed E-state index contributed by atoms with van der Waals surface area (Å²) in [6.07, 6.45) is 3.92. The fraction of sp³-hybridized carbons (Fsp3) is 0.308. The van der Waals surface area contributed by atoms with Gasteiger partial charge in [0.25, 0.3) is 0 Å². The summed E-state index contributed by atoms with van der Waals surface area (Å²) in [6, 6.07) is 7.24. The lowest BCUT2D eigenvalue weighted by Crippen LogP contribution is -2.11. The average Bonchev–Trinajstić information content (AvgIpc) is 2.28. The second kappa shape index (κ2) is 6.33. The molecule has 1 aromatic rings. The maximum Gasteiger partial charge on any atom is 0.331 e. The van der Waals surface area contributed by atoms with Gasteiger partial charge in [-0.1, -0.05) is 30.7 Å². The number of halogens is 1. The number of benzene rings is 1. The van der Waals surface area contributed by atoms with E-state index < -0.39 is 0 Å². The molecule has 0 N–H and O–H groups in total. The molecule has 1 atom stereocenters. The zero-order valence-corrected chi connectivity index (χ0v) is 10.2. The quantitative estimate of drug-likeness (QED) is 0.591. The topological polar surface area (TPSA) is 26.3 Å². The molecule has 0 radical (unpaired) electrons.